The number of hydrogen-bond acceptors (Lipinski definition) is 8. The lowest BCUT2D eigenvalue weighted by Gasteiger charge is -2.21. The van der Waals surface area contributed by atoms with Gasteiger partial charge in [0.25, 0.3) is 5.56 Å². The maximum Gasteiger partial charge on any atom is 0.299 e. The number of likely N-dealkylation sites (N-methyl/N-ethyl adjacent to an activating group) is 1. The molecule has 0 saturated carbocycles. The summed E-state index contributed by atoms with van der Waals surface area (Å²) in [4.78, 5) is 13.0. The summed E-state index contributed by atoms with van der Waals surface area (Å²) in [6.45, 7) is 6.85. The number of aromatic amines is 2. The normalized spacial score (nSPS) is 11.5. The number of aryl methyl sites for hydroxylation is 3. The molecule has 42 heavy (non-hydrogen) atoms. The summed E-state index contributed by atoms with van der Waals surface area (Å²) in [7, 11) is 6.16. The minimum atomic E-state index is -0.342. The van der Waals surface area contributed by atoms with Crippen LogP contribution in [0.5, 0.6) is 5.75 Å². The number of aliphatic hydroxyl groups excluding tert-OH is 1. The van der Waals surface area contributed by atoms with Crippen LogP contribution in [-0.2, 0) is 0 Å². The van der Waals surface area contributed by atoms with Gasteiger partial charge in [0.2, 0.25) is 5.82 Å². The second-order valence-electron chi connectivity index (χ2n) is 10.9. The van der Waals surface area contributed by atoms with E-state index < -0.39 is 0 Å². The van der Waals surface area contributed by atoms with Crippen molar-refractivity contribution in [3.63, 3.8) is 0 Å². The van der Waals surface area contributed by atoms with E-state index in [1.54, 1.807) is 31.2 Å². The zero-order valence-electron chi connectivity index (χ0n) is 24.6. The molecule has 0 unspecified atom stereocenters. The van der Waals surface area contributed by atoms with E-state index in [4.69, 9.17) is 5.11 Å². The molecule has 5 rings (SSSR count). The van der Waals surface area contributed by atoms with Crippen LogP contribution in [0.4, 0.5) is 11.4 Å². The van der Waals surface area contributed by atoms with Crippen molar-refractivity contribution in [3.05, 3.63) is 87.8 Å². The van der Waals surface area contributed by atoms with Crippen molar-refractivity contribution in [1.29, 1.82) is 0 Å². The number of nitrogens with zero attached hydrogens (tertiary/aromatic N) is 7. The Balaban J connectivity index is 0.000000517. The number of para-hydroxylation sites is 1. The van der Waals surface area contributed by atoms with Crippen LogP contribution in [0.3, 0.4) is 0 Å². The van der Waals surface area contributed by atoms with Crippen LogP contribution < -0.4 is 10.7 Å². The number of aromatic nitrogens is 6. The Labute approximate surface area is 243 Å². The third-order valence-electron chi connectivity index (χ3n) is 6.59. The lowest BCUT2D eigenvalue weighted by atomic mass is 10.0. The van der Waals surface area contributed by atoms with Crippen LogP contribution in [0.1, 0.15) is 16.8 Å². The van der Waals surface area contributed by atoms with E-state index >= 15 is 0 Å². The van der Waals surface area contributed by atoms with Crippen molar-refractivity contribution >= 4 is 11.4 Å². The number of benzene rings is 3. The van der Waals surface area contributed by atoms with E-state index in [1.165, 1.54) is 4.68 Å². The number of azo groups is 1. The highest BCUT2D eigenvalue weighted by Gasteiger charge is 2.13. The first kappa shape index (κ1) is 30.0. The van der Waals surface area contributed by atoms with Crippen LogP contribution >= 0.6 is 0 Å². The Bertz CT molecular complexity index is 1750. The topological polar surface area (TPSA) is 160 Å². The summed E-state index contributed by atoms with van der Waals surface area (Å²) in [5, 5.41) is 46.8. The van der Waals surface area contributed by atoms with Gasteiger partial charge in [-0.25, -0.2) is 4.68 Å². The number of H-pyrrole nitrogens is 2. The van der Waals surface area contributed by atoms with Gasteiger partial charge in [0.05, 0.1) is 44.8 Å². The molecule has 12 heteroatoms. The largest absolute Gasteiger partial charge is 0.871 e. The molecule has 0 spiro atoms. The monoisotopic (exact) mass is 569 g/mol. The smallest absolute Gasteiger partial charge is 0.299 e. The summed E-state index contributed by atoms with van der Waals surface area (Å²) in [5.41, 5.74) is 5.25. The Morgan fingerprint density at radius 2 is 1.69 bits per heavy atom. The molecule has 2 aromatic heterocycles. The molecule has 0 aliphatic rings. The summed E-state index contributed by atoms with van der Waals surface area (Å²) in [6.07, 6.45) is 0. The SMILES string of the molecule is C[N+](C)(C)CCO.Cc1ccc(-n2[nH]c(C)c(N=Nc3cccc(-c4cccc(-c5nn[nH]n5)c4)c3[O-])c2=O)cc1C. The number of hydrogen-bond donors (Lipinski definition) is 3. The third-order valence-corrected chi connectivity index (χ3v) is 6.59. The summed E-state index contributed by atoms with van der Waals surface area (Å²) >= 11 is 0. The molecule has 5 aromatic rings. The van der Waals surface area contributed by atoms with Crippen LogP contribution in [0.15, 0.2) is 75.7 Å². The fourth-order valence-electron chi connectivity index (χ4n) is 4.05. The van der Waals surface area contributed by atoms with Gasteiger partial charge in [-0.05, 0) is 72.5 Å². The Kier molecular flexibility index (Phi) is 9.09. The maximum atomic E-state index is 13.2. The molecule has 0 atom stereocenters. The Morgan fingerprint density at radius 1 is 0.952 bits per heavy atom. The summed E-state index contributed by atoms with van der Waals surface area (Å²) in [6, 6.07) is 18.0. The van der Waals surface area contributed by atoms with Gasteiger partial charge in [-0.1, -0.05) is 42.1 Å². The minimum Gasteiger partial charge on any atom is -0.871 e. The van der Waals surface area contributed by atoms with Crippen LogP contribution in [0.25, 0.3) is 28.2 Å². The lowest BCUT2D eigenvalue weighted by Crippen LogP contribution is -2.36. The maximum absolute atomic E-state index is 13.2. The fraction of sp³-hybridized carbons (Fsp3) is 0.267. The number of nitrogens with one attached hydrogen (secondary N) is 2. The van der Waals surface area contributed by atoms with Crippen LogP contribution in [-0.4, -0.2) is 74.3 Å². The van der Waals surface area contributed by atoms with Gasteiger partial charge in [-0.2, -0.15) is 10.3 Å². The van der Waals surface area contributed by atoms with Crippen molar-refractivity contribution in [2.75, 3.05) is 34.3 Å². The first-order valence-electron chi connectivity index (χ1n) is 13.3. The molecular formula is C30H35N9O3. The summed E-state index contributed by atoms with van der Waals surface area (Å²) < 4.78 is 2.27. The predicted molar refractivity (Wildman–Crippen MR) is 159 cm³/mol. The molecule has 0 bridgehead atoms. The lowest BCUT2D eigenvalue weighted by molar-refractivity contribution is -0.870. The van der Waals surface area contributed by atoms with E-state index in [-0.39, 0.29) is 29.3 Å². The standard InChI is InChI=1S/C25H22N8O2.C5H14NO/c1-14-10-11-19(12-15(14)2)33-25(35)22(16(3)30-33)27-26-21-9-5-8-20(23(21)34)17-6-4-7-18(13-17)24-28-31-32-29-24;1-6(2,3)4-5-7/h4-13,30,34H,1-3H3,(H,28,29,31,32);7H,4-5H2,1-3H3/q;+1/p-1. The Morgan fingerprint density at radius 3 is 2.33 bits per heavy atom. The molecule has 0 amide bonds. The minimum absolute atomic E-state index is 0.130. The zero-order chi connectivity index (χ0) is 30.4. The molecule has 2 heterocycles. The molecule has 12 nitrogen and oxygen atoms in total. The van der Waals surface area contributed by atoms with Crippen LogP contribution in [0.2, 0.25) is 0 Å². The van der Waals surface area contributed by atoms with Gasteiger partial charge in [0.1, 0.15) is 6.54 Å². The number of quaternary nitrogens is 1. The average molecular weight is 570 g/mol. The van der Waals surface area contributed by atoms with Crippen molar-refractivity contribution in [1.82, 2.24) is 30.4 Å². The molecule has 0 radical (unpaired) electrons. The van der Waals surface area contributed by atoms with Gasteiger partial charge < -0.3 is 14.7 Å². The van der Waals surface area contributed by atoms with Gasteiger partial charge in [0.15, 0.2) is 5.69 Å². The molecular weight excluding hydrogens is 534 g/mol. The van der Waals surface area contributed by atoms with Gasteiger partial charge >= 0.3 is 0 Å². The highest BCUT2D eigenvalue weighted by molar-refractivity contribution is 5.78. The van der Waals surface area contributed by atoms with E-state index in [2.05, 4.69) is 57.1 Å². The first-order chi connectivity index (χ1) is 20.0. The molecule has 3 aromatic carbocycles. The fourth-order valence-corrected chi connectivity index (χ4v) is 4.05. The van der Waals surface area contributed by atoms with Crippen molar-refractivity contribution in [2.24, 2.45) is 10.2 Å². The number of aliphatic hydroxyl groups is 1. The Hall–Kier alpha value is -4.94. The van der Waals surface area contributed by atoms with Crippen LogP contribution in [0, 0.1) is 20.8 Å². The van der Waals surface area contributed by atoms with Gasteiger partial charge in [-0.3, -0.25) is 9.89 Å². The van der Waals surface area contributed by atoms with Crippen molar-refractivity contribution in [3.8, 4) is 34.0 Å². The second kappa shape index (κ2) is 12.7. The molecule has 0 saturated heterocycles. The molecule has 0 fully saturated rings. The molecule has 218 valence electrons. The summed E-state index contributed by atoms with van der Waals surface area (Å²) in [5.74, 6) is 0.127. The molecule has 0 aliphatic carbocycles. The van der Waals surface area contributed by atoms with E-state index in [0.29, 0.717) is 28.3 Å². The second-order valence-corrected chi connectivity index (χ2v) is 10.9. The average Bonchev–Trinajstić information content (AvgIpc) is 3.58. The quantitative estimate of drug-likeness (QED) is 0.197. The van der Waals surface area contributed by atoms with Gasteiger partial charge in [-0.15, -0.1) is 15.3 Å². The molecule has 0 aliphatic heterocycles. The zero-order valence-corrected chi connectivity index (χ0v) is 24.6. The van der Waals surface area contributed by atoms with Crippen molar-refractivity contribution < 1.29 is 14.7 Å². The van der Waals surface area contributed by atoms with Crippen molar-refractivity contribution in [2.45, 2.75) is 20.8 Å². The first-order valence-corrected chi connectivity index (χ1v) is 13.3. The number of rotatable bonds is 7. The van der Waals surface area contributed by atoms with E-state index in [9.17, 15) is 9.90 Å². The third kappa shape index (κ3) is 7.03. The molecule has 3 N–H and O–H groups in total. The van der Waals surface area contributed by atoms with Gasteiger partial charge in [0, 0.05) is 5.56 Å². The van der Waals surface area contributed by atoms with E-state index in [0.717, 1.165) is 27.7 Å². The highest BCUT2D eigenvalue weighted by atomic mass is 16.3. The number of tetrazole rings is 1. The highest BCUT2D eigenvalue weighted by Crippen LogP contribution is 2.36. The van der Waals surface area contributed by atoms with E-state index in [1.807, 2.05) is 50.2 Å². The predicted octanol–water partition coefficient (Wildman–Crippen LogP) is 4.11.